The molecule has 1 aliphatic heterocycles. The number of carbonyl (C=O) groups is 1. The van der Waals surface area contributed by atoms with Crippen molar-refractivity contribution in [3.05, 3.63) is 59.2 Å². The Balaban J connectivity index is 1.58. The number of Topliss-reactive ketones (excluding diaryl/α,β-unsaturated/α-hetero) is 1. The van der Waals surface area contributed by atoms with Crippen molar-refractivity contribution in [2.75, 3.05) is 32.6 Å². The smallest absolute Gasteiger partial charge is 0.190 e. The van der Waals surface area contributed by atoms with Crippen molar-refractivity contribution < 1.29 is 31.5 Å². The Morgan fingerprint density at radius 2 is 1.84 bits per heavy atom. The molecule has 2 aromatic rings. The zero-order chi connectivity index (χ0) is 22.6. The molecule has 31 heavy (non-hydrogen) atoms. The summed E-state index contributed by atoms with van der Waals surface area (Å²) in [6, 6.07) is 8.65. The summed E-state index contributed by atoms with van der Waals surface area (Å²) < 4.78 is 62.6. The number of nitrogens with zero attached hydrogens (tertiary/aromatic N) is 1. The van der Waals surface area contributed by atoms with Gasteiger partial charge in [0.15, 0.2) is 33.0 Å². The highest BCUT2D eigenvalue weighted by molar-refractivity contribution is 7.90. The normalized spacial score (nSPS) is 17.5. The predicted molar refractivity (Wildman–Crippen MR) is 111 cm³/mol. The fourth-order valence-corrected chi connectivity index (χ4v) is 3.99. The number of carbonyl (C=O) groups excluding carboxylic acids is 1. The van der Waals surface area contributed by atoms with Gasteiger partial charge in [0.2, 0.25) is 0 Å². The third kappa shape index (κ3) is 6.09. The zero-order valence-electron chi connectivity index (χ0n) is 17.4. The van der Waals surface area contributed by atoms with Crippen molar-refractivity contribution >= 4 is 15.6 Å². The lowest BCUT2D eigenvalue weighted by Crippen LogP contribution is -2.44. The van der Waals surface area contributed by atoms with Gasteiger partial charge in [-0.3, -0.25) is 9.69 Å². The molecule has 3 rings (SSSR count). The van der Waals surface area contributed by atoms with Gasteiger partial charge in [0.25, 0.3) is 0 Å². The van der Waals surface area contributed by atoms with E-state index in [1.165, 1.54) is 0 Å². The highest BCUT2D eigenvalue weighted by atomic mass is 32.2. The standard InChI is InChI=1S/C22H25F2NO5S/c1-3-21(26)16-10-19(23)22(20(24)11-16)30-14-17-13-25(8-9-29-17)12-15-4-6-18(7-5-15)31(2,27)28/h4-7,10-11,17H,3,8-9,12-14H2,1-2H3. The maximum absolute atomic E-state index is 14.2. The zero-order valence-corrected chi connectivity index (χ0v) is 18.3. The maximum atomic E-state index is 14.2. The quantitative estimate of drug-likeness (QED) is 0.572. The molecule has 0 bridgehead atoms. The highest BCUT2D eigenvalue weighted by Crippen LogP contribution is 2.25. The van der Waals surface area contributed by atoms with E-state index in [-0.39, 0.29) is 35.4 Å². The summed E-state index contributed by atoms with van der Waals surface area (Å²) in [5.41, 5.74) is 0.925. The maximum Gasteiger partial charge on any atom is 0.190 e. The first kappa shape index (κ1) is 23.3. The summed E-state index contributed by atoms with van der Waals surface area (Å²) >= 11 is 0. The summed E-state index contributed by atoms with van der Waals surface area (Å²) in [5, 5.41) is 0. The van der Waals surface area contributed by atoms with Crippen LogP contribution in [0.15, 0.2) is 41.3 Å². The van der Waals surface area contributed by atoms with Crippen LogP contribution in [0.4, 0.5) is 8.78 Å². The molecule has 0 N–H and O–H groups in total. The number of ether oxygens (including phenoxy) is 2. The molecule has 1 saturated heterocycles. The summed E-state index contributed by atoms with van der Waals surface area (Å²) in [6.07, 6.45) is 0.928. The predicted octanol–water partition coefficient (Wildman–Crippen LogP) is 3.24. The molecule has 0 saturated carbocycles. The van der Waals surface area contributed by atoms with Crippen LogP contribution in [0.2, 0.25) is 0 Å². The van der Waals surface area contributed by atoms with Crippen molar-refractivity contribution in [2.24, 2.45) is 0 Å². The van der Waals surface area contributed by atoms with Crippen LogP contribution in [0.3, 0.4) is 0 Å². The molecule has 0 aliphatic carbocycles. The van der Waals surface area contributed by atoms with Gasteiger partial charge in [0.1, 0.15) is 12.7 Å². The number of rotatable bonds is 8. The lowest BCUT2D eigenvalue weighted by atomic mass is 10.1. The molecule has 2 aromatic carbocycles. The molecular formula is C22H25F2NO5S. The molecule has 1 unspecified atom stereocenters. The van der Waals surface area contributed by atoms with Gasteiger partial charge >= 0.3 is 0 Å². The first-order valence-electron chi connectivity index (χ1n) is 9.95. The van der Waals surface area contributed by atoms with Crippen molar-refractivity contribution in [2.45, 2.75) is 30.9 Å². The molecule has 0 amide bonds. The van der Waals surface area contributed by atoms with Crippen LogP contribution in [0.1, 0.15) is 29.3 Å². The molecule has 1 aliphatic rings. The summed E-state index contributed by atoms with van der Waals surface area (Å²) in [6.45, 7) is 3.75. The molecule has 9 heteroatoms. The average Bonchev–Trinajstić information content (AvgIpc) is 2.72. The molecule has 168 valence electrons. The Morgan fingerprint density at radius 3 is 2.42 bits per heavy atom. The van der Waals surface area contributed by atoms with Gasteiger partial charge in [-0.1, -0.05) is 19.1 Å². The van der Waals surface area contributed by atoms with Crippen LogP contribution < -0.4 is 4.74 Å². The highest BCUT2D eigenvalue weighted by Gasteiger charge is 2.23. The molecule has 1 heterocycles. The third-order valence-electron chi connectivity index (χ3n) is 5.04. The lowest BCUT2D eigenvalue weighted by molar-refractivity contribution is -0.0513. The van der Waals surface area contributed by atoms with E-state index < -0.39 is 27.2 Å². The minimum Gasteiger partial charge on any atom is -0.485 e. The van der Waals surface area contributed by atoms with E-state index >= 15 is 0 Å². The third-order valence-corrected chi connectivity index (χ3v) is 6.16. The number of hydrogen-bond donors (Lipinski definition) is 0. The lowest BCUT2D eigenvalue weighted by Gasteiger charge is -2.32. The van der Waals surface area contributed by atoms with Crippen LogP contribution >= 0.6 is 0 Å². The average molecular weight is 454 g/mol. The molecule has 0 aromatic heterocycles. The second kappa shape index (κ2) is 9.84. The monoisotopic (exact) mass is 453 g/mol. The minimum absolute atomic E-state index is 0.0215. The second-order valence-corrected chi connectivity index (χ2v) is 9.52. The van der Waals surface area contributed by atoms with Gasteiger partial charge in [-0.2, -0.15) is 0 Å². The Morgan fingerprint density at radius 1 is 1.19 bits per heavy atom. The van der Waals surface area contributed by atoms with E-state index in [2.05, 4.69) is 4.90 Å². The fraction of sp³-hybridized carbons (Fsp3) is 0.409. The van der Waals surface area contributed by atoms with E-state index in [1.54, 1.807) is 31.2 Å². The summed E-state index contributed by atoms with van der Waals surface area (Å²) in [4.78, 5) is 14.0. The van der Waals surface area contributed by atoms with E-state index in [0.717, 1.165) is 24.0 Å². The van der Waals surface area contributed by atoms with Gasteiger partial charge in [0.05, 0.1) is 11.5 Å². The largest absolute Gasteiger partial charge is 0.485 e. The van der Waals surface area contributed by atoms with Gasteiger partial charge < -0.3 is 9.47 Å². The summed E-state index contributed by atoms with van der Waals surface area (Å²) in [7, 11) is -3.24. The fourth-order valence-electron chi connectivity index (χ4n) is 3.36. The Bertz CT molecular complexity index is 1020. The molecule has 6 nitrogen and oxygen atoms in total. The molecule has 1 fully saturated rings. The van der Waals surface area contributed by atoms with Crippen LogP contribution in [-0.2, 0) is 21.1 Å². The second-order valence-electron chi connectivity index (χ2n) is 7.50. The molecule has 0 spiro atoms. The minimum atomic E-state index is -3.24. The van der Waals surface area contributed by atoms with E-state index in [1.807, 2.05) is 0 Å². The molecule has 0 radical (unpaired) electrons. The van der Waals surface area contributed by atoms with E-state index in [4.69, 9.17) is 9.47 Å². The number of halogens is 2. The van der Waals surface area contributed by atoms with Crippen molar-refractivity contribution in [3.63, 3.8) is 0 Å². The Kier molecular flexibility index (Phi) is 7.40. The number of morpholine rings is 1. The van der Waals surface area contributed by atoms with Gasteiger partial charge in [-0.25, -0.2) is 17.2 Å². The van der Waals surface area contributed by atoms with E-state index in [9.17, 15) is 22.0 Å². The number of sulfone groups is 1. The molecule has 1 atom stereocenters. The van der Waals surface area contributed by atoms with E-state index in [0.29, 0.717) is 26.2 Å². The van der Waals surface area contributed by atoms with Crippen LogP contribution in [0, 0.1) is 11.6 Å². The van der Waals surface area contributed by atoms with Crippen molar-refractivity contribution in [1.82, 2.24) is 4.90 Å². The van der Waals surface area contributed by atoms with Crippen molar-refractivity contribution in [3.8, 4) is 5.75 Å². The van der Waals surface area contributed by atoms with Gasteiger partial charge in [0, 0.05) is 37.9 Å². The number of ketones is 1. The summed E-state index contributed by atoms with van der Waals surface area (Å²) in [5.74, 6) is -2.71. The Hall–Kier alpha value is -2.36. The van der Waals surface area contributed by atoms with Gasteiger partial charge in [-0.05, 0) is 29.8 Å². The first-order chi connectivity index (χ1) is 14.7. The van der Waals surface area contributed by atoms with Crippen LogP contribution in [-0.4, -0.2) is 57.8 Å². The Labute approximate surface area is 180 Å². The topological polar surface area (TPSA) is 72.9 Å². The van der Waals surface area contributed by atoms with Crippen LogP contribution in [0.25, 0.3) is 0 Å². The van der Waals surface area contributed by atoms with Gasteiger partial charge in [-0.15, -0.1) is 0 Å². The first-order valence-corrected chi connectivity index (χ1v) is 11.8. The SMILES string of the molecule is CCC(=O)c1cc(F)c(OCC2CN(Cc3ccc(S(C)(=O)=O)cc3)CCO2)c(F)c1. The number of benzene rings is 2. The van der Waals surface area contributed by atoms with Crippen LogP contribution in [0.5, 0.6) is 5.75 Å². The van der Waals surface area contributed by atoms with Crippen molar-refractivity contribution in [1.29, 1.82) is 0 Å². The molecular weight excluding hydrogens is 428 g/mol. The number of hydrogen-bond acceptors (Lipinski definition) is 6.